The van der Waals surface area contributed by atoms with Crippen molar-refractivity contribution in [1.82, 2.24) is 10.2 Å². The maximum absolute atomic E-state index is 13.6. The van der Waals surface area contributed by atoms with Crippen molar-refractivity contribution in [2.75, 3.05) is 5.32 Å². The summed E-state index contributed by atoms with van der Waals surface area (Å²) in [6.45, 7) is -0.323. The van der Waals surface area contributed by atoms with Crippen molar-refractivity contribution < 1.29 is 14.3 Å². The molecule has 0 saturated heterocycles. The normalized spacial score (nSPS) is 10.5. The van der Waals surface area contributed by atoms with Crippen LogP contribution in [0.1, 0.15) is 15.9 Å². The predicted molar refractivity (Wildman–Crippen MR) is 70.4 cm³/mol. The van der Waals surface area contributed by atoms with Gasteiger partial charge < -0.3 is 16.2 Å². The monoisotopic (exact) mass is 328 g/mol. The van der Waals surface area contributed by atoms with Gasteiger partial charge in [0.05, 0.1) is 11.1 Å². The Morgan fingerprint density at radius 1 is 1.58 bits per heavy atom. The summed E-state index contributed by atoms with van der Waals surface area (Å²) in [5.41, 5.74) is 6.04. The molecule has 0 spiro atoms. The Kier molecular flexibility index (Phi) is 3.82. The van der Waals surface area contributed by atoms with E-state index >= 15 is 0 Å². The second-order valence-electron chi connectivity index (χ2n) is 3.73. The van der Waals surface area contributed by atoms with Crippen LogP contribution in [0.3, 0.4) is 0 Å². The largest absolute Gasteiger partial charge is 0.392 e. The highest BCUT2D eigenvalue weighted by Crippen LogP contribution is 2.27. The van der Waals surface area contributed by atoms with Crippen LogP contribution >= 0.6 is 15.9 Å². The summed E-state index contributed by atoms with van der Waals surface area (Å²) in [5, 5.41) is 18.2. The molecule has 1 aromatic carbocycles. The lowest BCUT2D eigenvalue weighted by Gasteiger charge is -2.09. The molecule has 19 heavy (non-hydrogen) atoms. The molecule has 5 N–H and O–H groups in total. The average molecular weight is 329 g/mol. The highest BCUT2D eigenvalue weighted by atomic mass is 79.9. The molecule has 0 aliphatic rings. The molecule has 0 atom stereocenters. The molecule has 0 saturated carbocycles. The molecule has 0 fully saturated rings. The van der Waals surface area contributed by atoms with E-state index in [-0.39, 0.29) is 22.5 Å². The third kappa shape index (κ3) is 2.74. The fourth-order valence-corrected chi connectivity index (χ4v) is 1.90. The van der Waals surface area contributed by atoms with E-state index in [4.69, 9.17) is 10.8 Å². The number of carbonyl (C=O) groups is 1. The lowest BCUT2D eigenvalue weighted by Crippen LogP contribution is -2.12. The maximum Gasteiger partial charge on any atom is 0.254 e. The van der Waals surface area contributed by atoms with Crippen LogP contribution in [0, 0.1) is 5.82 Å². The number of nitrogens with one attached hydrogen (secondary N) is 2. The molecule has 0 aliphatic heterocycles. The summed E-state index contributed by atoms with van der Waals surface area (Å²) >= 11 is 3.03. The lowest BCUT2D eigenvalue weighted by molar-refractivity contribution is 0.100. The van der Waals surface area contributed by atoms with Crippen molar-refractivity contribution in [1.29, 1.82) is 0 Å². The summed E-state index contributed by atoms with van der Waals surface area (Å²) in [6.07, 6.45) is 1.34. The number of nitrogens with zero attached hydrogens (tertiary/aromatic N) is 1. The number of hydrogen-bond donors (Lipinski definition) is 4. The van der Waals surface area contributed by atoms with E-state index in [0.29, 0.717) is 11.3 Å². The number of benzene rings is 1. The minimum absolute atomic E-state index is 0.161. The Morgan fingerprint density at radius 3 is 2.95 bits per heavy atom. The van der Waals surface area contributed by atoms with Crippen molar-refractivity contribution in [3.63, 3.8) is 0 Å². The number of rotatable bonds is 4. The zero-order valence-electron chi connectivity index (χ0n) is 9.58. The summed E-state index contributed by atoms with van der Waals surface area (Å²) < 4.78 is 13.8. The number of halogens is 2. The smallest absolute Gasteiger partial charge is 0.254 e. The van der Waals surface area contributed by atoms with Gasteiger partial charge in [-0.25, -0.2) is 4.39 Å². The Balaban J connectivity index is 2.36. The molecule has 0 radical (unpaired) electrons. The van der Waals surface area contributed by atoms with Gasteiger partial charge in [0, 0.05) is 11.9 Å². The molecular formula is C11H10BrFN4O2. The topological polar surface area (TPSA) is 104 Å². The van der Waals surface area contributed by atoms with E-state index in [1.54, 1.807) is 0 Å². The molecule has 100 valence electrons. The van der Waals surface area contributed by atoms with Crippen molar-refractivity contribution in [3.8, 4) is 0 Å². The Bertz CT molecular complexity index is 629. The minimum atomic E-state index is -0.656. The summed E-state index contributed by atoms with van der Waals surface area (Å²) in [4.78, 5) is 11.1. The number of hydrogen-bond acceptors (Lipinski definition) is 4. The SMILES string of the molecule is NC(=O)c1c[nH]nc1Nc1cc(F)c(Br)c(CO)c1. The second-order valence-corrected chi connectivity index (χ2v) is 4.52. The molecular weight excluding hydrogens is 319 g/mol. The molecule has 1 aromatic heterocycles. The molecule has 8 heteroatoms. The number of H-pyrrole nitrogens is 1. The quantitative estimate of drug-likeness (QED) is 0.684. The number of nitrogens with two attached hydrogens (primary N) is 1. The van der Waals surface area contributed by atoms with E-state index in [1.807, 2.05) is 0 Å². The van der Waals surface area contributed by atoms with E-state index in [0.717, 1.165) is 0 Å². The summed E-state index contributed by atoms with van der Waals surface area (Å²) in [5.74, 6) is -1.00. The molecule has 0 bridgehead atoms. The Hall–Kier alpha value is -1.93. The minimum Gasteiger partial charge on any atom is -0.392 e. The van der Waals surface area contributed by atoms with Gasteiger partial charge in [0.15, 0.2) is 5.82 Å². The maximum atomic E-state index is 13.6. The van der Waals surface area contributed by atoms with Crippen molar-refractivity contribution in [3.05, 3.63) is 39.7 Å². The van der Waals surface area contributed by atoms with Gasteiger partial charge in [0.1, 0.15) is 11.4 Å². The number of aliphatic hydroxyl groups is 1. The predicted octanol–water partition coefficient (Wildman–Crippen LogP) is 1.65. The fraction of sp³-hybridized carbons (Fsp3) is 0.0909. The van der Waals surface area contributed by atoms with Crippen LogP contribution in [0.2, 0.25) is 0 Å². The molecule has 0 aliphatic carbocycles. The molecule has 2 rings (SSSR count). The number of aromatic nitrogens is 2. The zero-order valence-corrected chi connectivity index (χ0v) is 11.2. The van der Waals surface area contributed by atoms with Crippen LogP contribution in [-0.2, 0) is 6.61 Å². The number of carbonyl (C=O) groups excluding carboxylic acids is 1. The summed E-state index contributed by atoms with van der Waals surface area (Å²) in [7, 11) is 0. The van der Waals surface area contributed by atoms with Gasteiger partial charge in [-0.3, -0.25) is 9.89 Å². The first-order valence-electron chi connectivity index (χ1n) is 5.22. The van der Waals surface area contributed by atoms with E-state index in [9.17, 15) is 9.18 Å². The first kappa shape index (κ1) is 13.5. The average Bonchev–Trinajstić information content (AvgIpc) is 2.81. The Morgan fingerprint density at radius 2 is 2.32 bits per heavy atom. The first-order chi connectivity index (χ1) is 9.02. The highest BCUT2D eigenvalue weighted by Gasteiger charge is 2.13. The molecule has 6 nitrogen and oxygen atoms in total. The zero-order chi connectivity index (χ0) is 14.0. The van der Waals surface area contributed by atoms with Gasteiger partial charge in [0.2, 0.25) is 0 Å². The fourth-order valence-electron chi connectivity index (χ4n) is 1.54. The van der Waals surface area contributed by atoms with Crippen LogP contribution < -0.4 is 11.1 Å². The number of anilines is 2. The van der Waals surface area contributed by atoms with Crippen LogP contribution in [0.15, 0.2) is 22.8 Å². The second kappa shape index (κ2) is 5.37. The molecule has 1 amide bonds. The molecule has 0 unspecified atom stereocenters. The van der Waals surface area contributed by atoms with Gasteiger partial charge in [-0.2, -0.15) is 5.10 Å². The lowest BCUT2D eigenvalue weighted by atomic mass is 10.2. The van der Waals surface area contributed by atoms with Gasteiger partial charge in [-0.15, -0.1) is 0 Å². The molecule has 1 heterocycles. The number of aliphatic hydroxyl groups excluding tert-OH is 1. The van der Waals surface area contributed by atoms with Gasteiger partial charge in [-0.05, 0) is 33.6 Å². The van der Waals surface area contributed by atoms with E-state index < -0.39 is 11.7 Å². The van der Waals surface area contributed by atoms with Crippen LogP contribution in [0.5, 0.6) is 0 Å². The number of aromatic amines is 1. The van der Waals surface area contributed by atoms with E-state index in [2.05, 4.69) is 31.4 Å². The molecule has 2 aromatic rings. The van der Waals surface area contributed by atoms with Crippen LogP contribution in [-0.4, -0.2) is 21.2 Å². The van der Waals surface area contributed by atoms with E-state index in [1.165, 1.54) is 18.3 Å². The number of amides is 1. The summed E-state index contributed by atoms with van der Waals surface area (Å²) in [6, 6.07) is 2.75. The third-order valence-corrected chi connectivity index (χ3v) is 3.33. The standard InChI is InChI=1S/C11H10BrFN4O2/c12-9-5(4-18)1-6(2-8(9)13)16-11-7(10(14)19)3-15-17-11/h1-3,18H,4H2,(H2,14,19)(H2,15,16,17). The van der Waals surface area contributed by atoms with Gasteiger partial charge >= 0.3 is 0 Å². The highest BCUT2D eigenvalue weighted by molar-refractivity contribution is 9.10. The van der Waals surface area contributed by atoms with Crippen LogP contribution in [0.4, 0.5) is 15.9 Å². The van der Waals surface area contributed by atoms with Gasteiger partial charge in [0.25, 0.3) is 5.91 Å². The third-order valence-electron chi connectivity index (χ3n) is 2.44. The first-order valence-corrected chi connectivity index (χ1v) is 6.01. The van der Waals surface area contributed by atoms with Gasteiger partial charge in [-0.1, -0.05) is 0 Å². The van der Waals surface area contributed by atoms with Crippen molar-refractivity contribution in [2.45, 2.75) is 6.61 Å². The van der Waals surface area contributed by atoms with Crippen LogP contribution in [0.25, 0.3) is 0 Å². The van der Waals surface area contributed by atoms with Crippen molar-refractivity contribution in [2.24, 2.45) is 5.73 Å². The van der Waals surface area contributed by atoms with Crippen molar-refractivity contribution >= 4 is 33.3 Å². The Labute approximate surface area is 115 Å². The number of primary amides is 1.